The Hall–Kier alpha value is -2.82. The van der Waals surface area contributed by atoms with Crippen LogP contribution in [0.3, 0.4) is 0 Å². The standard InChI is InChI=1S/C16H10F6N2O2S/c17-15(18,19)9-6-10(16(20,21)22)8-11(7-9)23-13(27)24-14(25)26-12-4-2-1-3-5-12/h1-8H,(H2,23,24,25,27). The molecule has 2 aromatic rings. The molecule has 2 N–H and O–H groups in total. The van der Waals surface area contributed by atoms with Gasteiger partial charge in [0.2, 0.25) is 0 Å². The van der Waals surface area contributed by atoms with Crippen LogP contribution < -0.4 is 15.4 Å². The zero-order valence-electron chi connectivity index (χ0n) is 13.1. The monoisotopic (exact) mass is 408 g/mol. The van der Waals surface area contributed by atoms with Crippen molar-refractivity contribution in [3.63, 3.8) is 0 Å². The summed E-state index contributed by atoms with van der Waals surface area (Å²) in [7, 11) is 0. The normalized spacial score (nSPS) is 11.6. The van der Waals surface area contributed by atoms with Crippen LogP contribution in [0, 0.1) is 0 Å². The molecule has 0 atom stereocenters. The highest BCUT2D eigenvalue weighted by molar-refractivity contribution is 7.80. The first-order chi connectivity index (χ1) is 12.4. The highest BCUT2D eigenvalue weighted by Gasteiger charge is 2.37. The predicted molar refractivity (Wildman–Crippen MR) is 88.3 cm³/mol. The first-order valence-corrected chi connectivity index (χ1v) is 7.50. The number of carbonyl (C=O) groups excluding carboxylic acids is 1. The van der Waals surface area contributed by atoms with E-state index in [2.05, 4.69) is 5.32 Å². The number of benzene rings is 2. The lowest BCUT2D eigenvalue weighted by atomic mass is 10.1. The Balaban J connectivity index is 2.13. The topological polar surface area (TPSA) is 50.4 Å². The average molecular weight is 408 g/mol. The second kappa shape index (κ2) is 7.82. The number of anilines is 1. The minimum atomic E-state index is -5.00. The van der Waals surface area contributed by atoms with E-state index in [-0.39, 0.29) is 11.8 Å². The molecule has 0 saturated carbocycles. The number of thiocarbonyl (C=S) groups is 1. The van der Waals surface area contributed by atoms with Gasteiger partial charge < -0.3 is 10.1 Å². The molecule has 11 heteroatoms. The fourth-order valence-corrected chi connectivity index (χ4v) is 2.10. The lowest BCUT2D eigenvalue weighted by Crippen LogP contribution is -2.36. The van der Waals surface area contributed by atoms with Crippen molar-refractivity contribution >= 4 is 29.1 Å². The van der Waals surface area contributed by atoms with E-state index in [1.807, 2.05) is 5.32 Å². The summed E-state index contributed by atoms with van der Waals surface area (Å²) in [6, 6.07) is 8.60. The van der Waals surface area contributed by atoms with Crippen molar-refractivity contribution in [3.8, 4) is 5.75 Å². The summed E-state index contributed by atoms with van der Waals surface area (Å²) in [6.45, 7) is 0. The van der Waals surface area contributed by atoms with Gasteiger partial charge in [-0.05, 0) is 42.5 Å². The van der Waals surface area contributed by atoms with Gasteiger partial charge in [0, 0.05) is 5.69 Å². The van der Waals surface area contributed by atoms with Gasteiger partial charge in [0.05, 0.1) is 11.1 Å². The van der Waals surface area contributed by atoms with Crippen molar-refractivity contribution in [2.45, 2.75) is 12.4 Å². The minimum absolute atomic E-state index is 0.0225. The second-order valence-electron chi connectivity index (χ2n) is 5.08. The number of amides is 1. The summed E-state index contributed by atoms with van der Waals surface area (Å²) in [5, 5.41) is 3.55. The van der Waals surface area contributed by atoms with Crippen LogP contribution in [0.5, 0.6) is 5.75 Å². The Kier molecular flexibility index (Phi) is 5.94. The van der Waals surface area contributed by atoms with Gasteiger partial charge in [0.15, 0.2) is 5.11 Å². The van der Waals surface area contributed by atoms with Gasteiger partial charge in [-0.25, -0.2) is 4.79 Å². The molecule has 2 aromatic carbocycles. The van der Waals surface area contributed by atoms with Gasteiger partial charge in [-0.15, -0.1) is 0 Å². The Bertz CT molecular complexity index is 805. The molecule has 0 radical (unpaired) electrons. The third-order valence-corrected chi connectivity index (χ3v) is 3.22. The molecular weight excluding hydrogens is 398 g/mol. The SMILES string of the molecule is O=C(NC(=S)Nc1cc(C(F)(F)F)cc(C(F)(F)F)c1)Oc1ccccc1. The van der Waals surface area contributed by atoms with E-state index in [0.717, 1.165) is 0 Å². The number of ether oxygens (including phenoxy) is 1. The Labute approximate surface area is 154 Å². The van der Waals surface area contributed by atoms with Crippen molar-refractivity contribution < 1.29 is 35.9 Å². The van der Waals surface area contributed by atoms with Gasteiger partial charge in [-0.2, -0.15) is 26.3 Å². The van der Waals surface area contributed by atoms with Crippen molar-refractivity contribution in [3.05, 3.63) is 59.7 Å². The highest BCUT2D eigenvalue weighted by Crippen LogP contribution is 2.37. The molecule has 0 heterocycles. The molecule has 0 aliphatic heterocycles. The first kappa shape index (κ1) is 20.5. The highest BCUT2D eigenvalue weighted by atomic mass is 32.1. The lowest BCUT2D eigenvalue weighted by molar-refractivity contribution is -0.143. The molecule has 144 valence electrons. The van der Waals surface area contributed by atoms with Gasteiger partial charge >= 0.3 is 18.4 Å². The van der Waals surface area contributed by atoms with Crippen LogP contribution in [-0.4, -0.2) is 11.2 Å². The fraction of sp³-hybridized carbons (Fsp3) is 0.125. The van der Waals surface area contributed by atoms with E-state index in [0.29, 0.717) is 12.1 Å². The summed E-state index contributed by atoms with van der Waals surface area (Å²) in [6.07, 6.45) is -11.1. The minimum Gasteiger partial charge on any atom is -0.410 e. The van der Waals surface area contributed by atoms with Crippen molar-refractivity contribution in [1.29, 1.82) is 0 Å². The molecular formula is C16H10F6N2O2S. The molecule has 0 aromatic heterocycles. The van der Waals surface area contributed by atoms with Crippen LogP contribution >= 0.6 is 12.2 Å². The third kappa shape index (κ3) is 6.13. The summed E-state index contributed by atoms with van der Waals surface area (Å²) in [4.78, 5) is 11.6. The zero-order chi connectivity index (χ0) is 20.2. The number of alkyl halides is 6. The number of rotatable bonds is 2. The van der Waals surface area contributed by atoms with Gasteiger partial charge in [-0.3, -0.25) is 5.32 Å². The van der Waals surface area contributed by atoms with E-state index in [1.165, 1.54) is 12.1 Å². The van der Waals surface area contributed by atoms with Crippen molar-refractivity contribution in [2.24, 2.45) is 0 Å². The predicted octanol–water partition coefficient (Wildman–Crippen LogP) is 5.21. The maximum atomic E-state index is 12.8. The van der Waals surface area contributed by atoms with E-state index < -0.39 is 40.4 Å². The molecule has 0 unspecified atom stereocenters. The van der Waals surface area contributed by atoms with Gasteiger partial charge in [0.1, 0.15) is 5.75 Å². The van der Waals surface area contributed by atoms with Gasteiger partial charge in [-0.1, -0.05) is 18.2 Å². The Morgan fingerprint density at radius 1 is 0.889 bits per heavy atom. The van der Waals surface area contributed by atoms with E-state index >= 15 is 0 Å². The second-order valence-corrected chi connectivity index (χ2v) is 5.48. The molecule has 0 bridgehead atoms. The maximum Gasteiger partial charge on any atom is 0.418 e. The van der Waals surface area contributed by atoms with Gasteiger partial charge in [0.25, 0.3) is 0 Å². The number of hydrogen-bond donors (Lipinski definition) is 2. The summed E-state index contributed by atoms with van der Waals surface area (Å²) in [5.74, 6) is 0.163. The summed E-state index contributed by atoms with van der Waals surface area (Å²) < 4.78 is 81.7. The van der Waals surface area contributed by atoms with Crippen LogP contribution in [0.2, 0.25) is 0 Å². The van der Waals surface area contributed by atoms with Crippen molar-refractivity contribution in [2.75, 3.05) is 5.32 Å². The average Bonchev–Trinajstić information content (AvgIpc) is 2.53. The van der Waals surface area contributed by atoms with Crippen molar-refractivity contribution in [1.82, 2.24) is 5.32 Å². The number of hydrogen-bond acceptors (Lipinski definition) is 3. The molecule has 1 amide bonds. The molecule has 2 rings (SSSR count). The third-order valence-electron chi connectivity index (χ3n) is 3.01. The summed E-state index contributed by atoms with van der Waals surface area (Å²) >= 11 is 4.72. The number of carbonyl (C=O) groups is 1. The molecule has 27 heavy (non-hydrogen) atoms. The van der Waals surface area contributed by atoms with Crippen LogP contribution in [0.25, 0.3) is 0 Å². The van der Waals surface area contributed by atoms with Crippen LogP contribution in [0.1, 0.15) is 11.1 Å². The fourth-order valence-electron chi connectivity index (χ4n) is 1.90. The number of para-hydroxylation sites is 1. The molecule has 0 aliphatic carbocycles. The van der Waals surface area contributed by atoms with E-state index in [4.69, 9.17) is 17.0 Å². The quantitative estimate of drug-likeness (QED) is 0.529. The summed E-state index contributed by atoms with van der Waals surface area (Å²) in [5.41, 5.74) is -3.63. The van der Waals surface area contributed by atoms with Crippen LogP contribution in [-0.2, 0) is 12.4 Å². The Morgan fingerprint density at radius 3 is 1.89 bits per heavy atom. The van der Waals surface area contributed by atoms with Crippen LogP contribution in [0.4, 0.5) is 36.8 Å². The number of nitrogens with one attached hydrogen (secondary N) is 2. The van der Waals surface area contributed by atoms with E-state index in [1.54, 1.807) is 18.2 Å². The number of halogens is 6. The molecule has 0 saturated heterocycles. The largest absolute Gasteiger partial charge is 0.418 e. The van der Waals surface area contributed by atoms with E-state index in [9.17, 15) is 31.1 Å². The molecule has 0 spiro atoms. The van der Waals surface area contributed by atoms with Crippen LogP contribution in [0.15, 0.2) is 48.5 Å². The molecule has 0 fully saturated rings. The smallest absolute Gasteiger partial charge is 0.410 e. The molecule has 0 aliphatic rings. The Morgan fingerprint density at radius 2 is 1.41 bits per heavy atom. The lowest BCUT2D eigenvalue weighted by Gasteiger charge is -2.15. The molecule has 4 nitrogen and oxygen atoms in total. The first-order valence-electron chi connectivity index (χ1n) is 7.09. The maximum absolute atomic E-state index is 12.8. The zero-order valence-corrected chi connectivity index (χ0v) is 13.9.